The summed E-state index contributed by atoms with van der Waals surface area (Å²) in [4.78, 5) is 2.39. The molecule has 1 saturated heterocycles. The first-order valence-electron chi connectivity index (χ1n) is 6.01. The molecule has 16 heavy (non-hydrogen) atoms. The van der Waals surface area contributed by atoms with Crippen molar-refractivity contribution in [3.63, 3.8) is 0 Å². The van der Waals surface area contributed by atoms with Gasteiger partial charge in [0, 0.05) is 31.0 Å². The van der Waals surface area contributed by atoms with E-state index in [0.717, 1.165) is 12.2 Å². The Hall–Kier alpha value is -1.22. The summed E-state index contributed by atoms with van der Waals surface area (Å²) < 4.78 is 0. The molecule has 1 aliphatic rings. The third kappa shape index (κ3) is 2.89. The number of rotatable bonds is 3. The summed E-state index contributed by atoms with van der Waals surface area (Å²) in [6, 6.07) is 9.09. The molecule has 1 heterocycles. The van der Waals surface area contributed by atoms with Crippen molar-refractivity contribution >= 4 is 11.4 Å². The van der Waals surface area contributed by atoms with Gasteiger partial charge in [0.25, 0.3) is 0 Å². The van der Waals surface area contributed by atoms with Crippen LogP contribution in [0.15, 0.2) is 24.3 Å². The van der Waals surface area contributed by atoms with Crippen molar-refractivity contribution < 1.29 is 0 Å². The lowest BCUT2D eigenvalue weighted by atomic mass is 10.1. The van der Waals surface area contributed by atoms with Gasteiger partial charge in [0.15, 0.2) is 0 Å². The van der Waals surface area contributed by atoms with Crippen LogP contribution in [-0.2, 0) is 0 Å². The highest BCUT2D eigenvalue weighted by Crippen LogP contribution is 2.17. The van der Waals surface area contributed by atoms with Gasteiger partial charge in [-0.1, -0.05) is 0 Å². The van der Waals surface area contributed by atoms with Crippen molar-refractivity contribution in [2.45, 2.75) is 18.9 Å². The highest BCUT2D eigenvalue weighted by molar-refractivity contribution is 5.53. The Morgan fingerprint density at radius 2 is 1.88 bits per heavy atom. The third-order valence-corrected chi connectivity index (χ3v) is 3.17. The third-order valence-electron chi connectivity index (χ3n) is 3.17. The number of hydrogen-bond donors (Lipinski definition) is 2. The lowest BCUT2D eigenvalue weighted by Gasteiger charge is -2.30. The van der Waals surface area contributed by atoms with E-state index in [4.69, 9.17) is 0 Å². The largest absolute Gasteiger partial charge is 0.388 e. The van der Waals surface area contributed by atoms with Gasteiger partial charge >= 0.3 is 0 Å². The molecule has 0 aromatic heterocycles. The molecular weight excluding hydrogens is 198 g/mol. The zero-order valence-corrected chi connectivity index (χ0v) is 10.2. The minimum absolute atomic E-state index is 0.596. The first-order valence-corrected chi connectivity index (χ1v) is 6.01. The van der Waals surface area contributed by atoms with Crippen molar-refractivity contribution in [3.05, 3.63) is 24.3 Å². The molecule has 0 spiro atoms. The minimum Gasteiger partial charge on any atom is -0.388 e. The second-order valence-electron chi connectivity index (χ2n) is 4.57. The second-order valence-corrected chi connectivity index (χ2v) is 4.57. The zero-order valence-electron chi connectivity index (χ0n) is 10.2. The number of hydrogen-bond acceptors (Lipinski definition) is 3. The topological polar surface area (TPSA) is 27.3 Å². The SMILES string of the molecule is CNc1ccc(NC2CCCN(C)C2)cc1. The average molecular weight is 219 g/mol. The number of anilines is 2. The molecule has 1 aliphatic heterocycles. The molecule has 88 valence electrons. The highest BCUT2D eigenvalue weighted by atomic mass is 15.1. The summed E-state index contributed by atoms with van der Waals surface area (Å²) in [5.41, 5.74) is 2.38. The lowest BCUT2D eigenvalue weighted by Crippen LogP contribution is -2.39. The molecule has 1 atom stereocenters. The first-order chi connectivity index (χ1) is 7.78. The van der Waals surface area contributed by atoms with Crippen molar-refractivity contribution in [3.8, 4) is 0 Å². The fourth-order valence-corrected chi connectivity index (χ4v) is 2.25. The first kappa shape index (κ1) is 11.3. The fourth-order valence-electron chi connectivity index (χ4n) is 2.25. The standard InChI is InChI=1S/C13H21N3/c1-14-11-5-7-12(8-6-11)15-13-4-3-9-16(2)10-13/h5-8,13-15H,3-4,9-10H2,1-2H3. The van der Waals surface area contributed by atoms with Crippen LogP contribution in [0.5, 0.6) is 0 Å². The summed E-state index contributed by atoms with van der Waals surface area (Å²) in [6.45, 7) is 2.38. The quantitative estimate of drug-likeness (QED) is 0.816. The molecule has 0 aliphatic carbocycles. The van der Waals surface area contributed by atoms with Crippen molar-refractivity contribution in [1.29, 1.82) is 0 Å². The maximum atomic E-state index is 3.59. The fraction of sp³-hybridized carbons (Fsp3) is 0.538. The van der Waals surface area contributed by atoms with E-state index in [-0.39, 0.29) is 0 Å². The Kier molecular flexibility index (Phi) is 3.67. The molecule has 3 heteroatoms. The summed E-state index contributed by atoms with van der Waals surface area (Å²) in [5.74, 6) is 0. The van der Waals surface area contributed by atoms with E-state index < -0.39 is 0 Å². The van der Waals surface area contributed by atoms with E-state index >= 15 is 0 Å². The molecule has 2 rings (SSSR count). The number of benzene rings is 1. The smallest absolute Gasteiger partial charge is 0.0388 e. The van der Waals surface area contributed by atoms with Crippen LogP contribution in [0.2, 0.25) is 0 Å². The molecule has 1 aromatic carbocycles. The van der Waals surface area contributed by atoms with Gasteiger partial charge in [-0.2, -0.15) is 0 Å². The predicted molar refractivity (Wildman–Crippen MR) is 70.1 cm³/mol. The summed E-state index contributed by atoms with van der Waals surface area (Å²) in [7, 11) is 4.14. The molecule has 1 unspecified atom stereocenters. The molecule has 0 amide bonds. The van der Waals surface area contributed by atoms with Crippen molar-refractivity contribution in [2.75, 3.05) is 37.8 Å². The van der Waals surface area contributed by atoms with Gasteiger partial charge in [-0.25, -0.2) is 0 Å². The monoisotopic (exact) mass is 219 g/mol. The number of likely N-dealkylation sites (N-methyl/N-ethyl adjacent to an activating group) is 1. The predicted octanol–water partition coefficient (Wildman–Crippen LogP) is 2.23. The summed E-state index contributed by atoms with van der Waals surface area (Å²) in [6.07, 6.45) is 2.57. The average Bonchev–Trinajstić information content (AvgIpc) is 2.30. The van der Waals surface area contributed by atoms with E-state index in [9.17, 15) is 0 Å². The van der Waals surface area contributed by atoms with Crippen LogP contribution in [0.3, 0.4) is 0 Å². The number of piperidine rings is 1. The van der Waals surface area contributed by atoms with Gasteiger partial charge in [0.1, 0.15) is 0 Å². The molecule has 0 bridgehead atoms. The summed E-state index contributed by atoms with van der Waals surface area (Å²) in [5, 5.41) is 6.72. The van der Waals surface area contributed by atoms with Crippen LogP contribution in [0.1, 0.15) is 12.8 Å². The van der Waals surface area contributed by atoms with E-state index in [0.29, 0.717) is 6.04 Å². The number of likely N-dealkylation sites (tertiary alicyclic amines) is 1. The van der Waals surface area contributed by atoms with E-state index in [1.807, 2.05) is 7.05 Å². The van der Waals surface area contributed by atoms with Gasteiger partial charge in [-0.3, -0.25) is 0 Å². The van der Waals surface area contributed by atoms with Crippen LogP contribution in [0.4, 0.5) is 11.4 Å². The number of nitrogens with zero attached hydrogens (tertiary/aromatic N) is 1. The Labute approximate surface area is 97.8 Å². The van der Waals surface area contributed by atoms with E-state index in [1.165, 1.54) is 25.1 Å². The lowest BCUT2D eigenvalue weighted by molar-refractivity contribution is 0.261. The molecule has 1 aromatic rings. The van der Waals surface area contributed by atoms with Crippen LogP contribution in [0.25, 0.3) is 0 Å². The zero-order chi connectivity index (χ0) is 11.4. The molecule has 2 N–H and O–H groups in total. The van der Waals surface area contributed by atoms with Gasteiger partial charge in [0.2, 0.25) is 0 Å². The normalized spacial score (nSPS) is 21.8. The van der Waals surface area contributed by atoms with Gasteiger partial charge in [-0.15, -0.1) is 0 Å². The molecular formula is C13H21N3. The van der Waals surface area contributed by atoms with Crippen LogP contribution in [-0.4, -0.2) is 38.1 Å². The maximum absolute atomic E-state index is 3.59. The van der Waals surface area contributed by atoms with Crippen LogP contribution >= 0.6 is 0 Å². The highest BCUT2D eigenvalue weighted by Gasteiger charge is 2.16. The molecule has 0 saturated carbocycles. The van der Waals surface area contributed by atoms with Gasteiger partial charge in [-0.05, 0) is 50.7 Å². The Morgan fingerprint density at radius 3 is 2.50 bits per heavy atom. The molecule has 3 nitrogen and oxygen atoms in total. The van der Waals surface area contributed by atoms with Crippen LogP contribution < -0.4 is 10.6 Å². The van der Waals surface area contributed by atoms with E-state index in [2.05, 4.69) is 46.8 Å². The summed E-state index contributed by atoms with van der Waals surface area (Å²) >= 11 is 0. The maximum Gasteiger partial charge on any atom is 0.0388 e. The minimum atomic E-state index is 0.596. The molecule has 0 radical (unpaired) electrons. The second kappa shape index (κ2) is 5.21. The van der Waals surface area contributed by atoms with Crippen molar-refractivity contribution in [1.82, 2.24) is 4.90 Å². The Bertz CT molecular complexity index is 320. The van der Waals surface area contributed by atoms with Crippen LogP contribution in [0, 0.1) is 0 Å². The number of nitrogens with one attached hydrogen (secondary N) is 2. The Morgan fingerprint density at radius 1 is 1.19 bits per heavy atom. The van der Waals surface area contributed by atoms with Gasteiger partial charge in [0.05, 0.1) is 0 Å². The Balaban J connectivity index is 1.92. The van der Waals surface area contributed by atoms with E-state index in [1.54, 1.807) is 0 Å². The van der Waals surface area contributed by atoms with Crippen molar-refractivity contribution in [2.24, 2.45) is 0 Å². The molecule has 1 fully saturated rings. The van der Waals surface area contributed by atoms with Gasteiger partial charge < -0.3 is 15.5 Å².